The van der Waals surface area contributed by atoms with Gasteiger partial charge in [-0.15, -0.1) is 0 Å². The molecule has 0 aliphatic carbocycles. The average Bonchev–Trinajstić information content (AvgIpc) is 2.55. The Morgan fingerprint density at radius 3 is 2.62 bits per heavy atom. The van der Waals surface area contributed by atoms with Crippen LogP contribution < -0.4 is 15.1 Å². The summed E-state index contributed by atoms with van der Waals surface area (Å²) in [7, 11) is 1.81. The molecule has 0 aromatic carbocycles. The molecule has 2 rings (SSSR count). The van der Waals surface area contributed by atoms with Gasteiger partial charge in [0, 0.05) is 26.7 Å². The van der Waals surface area contributed by atoms with Gasteiger partial charge in [-0.05, 0) is 33.1 Å². The van der Waals surface area contributed by atoms with Crippen LogP contribution in [0.1, 0.15) is 33.1 Å². The topological polar surface area (TPSA) is 77.4 Å². The Labute approximate surface area is 126 Å². The molecule has 7 heteroatoms. The summed E-state index contributed by atoms with van der Waals surface area (Å²) < 4.78 is 0. The van der Waals surface area contributed by atoms with Gasteiger partial charge in [-0.25, -0.2) is 0 Å². The standard InChI is InChI=1S/C14H26N6O/c1-4-19(5-2)13-16-12(15-3)17-14(18-13)20-9-7-6-8-11(20)10-21/h11,21H,4-10H2,1-3H3,(H,15,16,17,18). The van der Waals surface area contributed by atoms with Crippen molar-refractivity contribution >= 4 is 17.8 Å². The number of hydrogen-bond donors (Lipinski definition) is 2. The van der Waals surface area contributed by atoms with Gasteiger partial charge >= 0.3 is 0 Å². The molecule has 7 nitrogen and oxygen atoms in total. The first-order chi connectivity index (χ1) is 10.2. The summed E-state index contributed by atoms with van der Waals surface area (Å²) in [5, 5.41) is 12.6. The van der Waals surface area contributed by atoms with E-state index < -0.39 is 0 Å². The van der Waals surface area contributed by atoms with Crippen molar-refractivity contribution < 1.29 is 5.11 Å². The Balaban J connectivity index is 2.35. The Morgan fingerprint density at radius 2 is 2.00 bits per heavy atom. The highest BCUT2D eigenvalue weighted by Crippen LogP contribution is 2.24. The molecule has 2 heterocycles. The van der Waals surface area contributed by atoms with E-state index in [9.17, 15) is 5.11 Å². The molecule has 1 aliphatic heterocycles. The summed E-state index contributed by atoms with van der Waals surface area (Å²) >= 11 is 0. The van der Waals surface area contributed by atoms with E-state index in [-0.39, 0.29) is 12.6 Å². The molecule has 21 heavy (non-hydrogen) atoms. The second-order valence-electron chi connectivity index (χ2n) is 5.21. The van der Waals surface area contributed by atoms with Gasteiger partial charge < -0.3 is 20.2 Å². The van der Waals surface area contributed by atoms with Gasteiger partial charge in [0.2, 0.25) is 17.8 Å². The van der Waals surface area contributed by atoms with Crippen molar-refractivity contribution in [3.8, 4) is 0 Å². The van der Waals surface area contributed by atoms with Gasteiger partial charge in [0.1, 0.15) is 0 Å². The Kier molecular flexibility index (Phi) is 5.55. The maximum Gasteiger partial charge on any atom is 0.232 e. The lowest BCUT2D eigenvalue weighted by molar-refractivity contribution is 0.239. The fourth-order valence-electron chi connectivity index (χ4n) is 2.70. The van der Waals surface area contributed by atoms with E-state index in [1.165, 1.54) is 0 Å². The van der Waals surface area contributed by atoms with Crippen LogP contribution in [0.4, 0.5) is 17.8 Å². The first-order valence-corrected chi connectivity index (χ1v) is 7.79. The molecule has 1 aliphatic rings. The summed E-state index contributed by atoms with van der Waals surface area (Å²) in [4.78, 5) is 17.8. The largest absolute Gasteiger partial charge is 0.394 e. The molecule has 0 saturated carbocycles. The first kappa shape index (κ1) is 15.8. The van der Waals surface area contributed by atoms with E-state index in [2.05, 4.69) is 43.9 Å². The van der Waals surface area contributed by atoms with Gasteiger partial charge in [-0.1, -0.05) is 0 Å². The van der Waals surface area contributed by atoms with Crippen LogP contribution in [0.25, 0.3) is 0 Å². The predicted octanol–water partition coefficient (Wildman–Crippen LogP) is 1.11. The molecule has 0 bridgehead atoms. The van der Waals surface area contributed by atoms with Crippen LogP contribution in [-0.4, -0.2) is 59.4 Å². The minimum atomic E-state index is 0.107. The molecule has 2 N–H and O–H groups in total. The number of aromatic nitrogens is 3. The lowest BCUT2D eigenvalue weighted by Crippen LogP contribution is -2.43. The van der Waals surface area contributed by atoms with Gasteiger partial charge in [0.15, 0.2) is 0 Å². The van der Waals surface area contributed by atoms with E-state index >= 15 is 0 Å². The van der Waals surface area contributed by atoms with Gasteiger partial charge in [-0.2, -0.15) is 15.0 Å². The van der Waals surface area contributed by atoms with Crippen molar-refractivity contribution in [1.82, 2.24) is 15.0 Å². The number of piperidine rings is 1. The Hall–Kier alpha value is -1.63. The second kappa shape index (κ2) is 7.40. The molecule has 1 aromatic rings. The Morgan fingerprint density at radius 1 is 1.24 bits per heavy atom. The minimum absolute atomic E-state index is 0.107. The summed E-state index contributed by atoms with van der Waals surface area (Å²) in [5.74, 6) is 1.93. The third-order valence-corrected chi connectivity index (χ3v) is 3.98. The second-order valence-corrected chi connectivity index (χ2v) is 5.21. The first-order valence-electron chi connectivity index (χ1n) is 7.79. The molecule has 1 atom stereocenters. The van der Waals surface area contributed by atoms with E-state index in [4.69, 9.17) is 0 Å². The maximum absolute atomic E-state index is 9.58. The van der Waals surface area contributed by atoms with Crippen LogP contribution >= 0.6 is 0 Å². The fourth-order valence-corrected chi connectivity index (χ4v) is 2.70. The van der Waals surface area contributed by atoms with Gasteiger partial charge in [0.25, 0.3) is 0 Å². The zero-order valence-electron chi connectivity index (χ0n) is 13.2. The monoisotopic (exact) mass is 294 g/mol. The molecule has 0 spiro atoms. The third-order valence-electron chi connectivity index (χ3n) is 3.98. The molecule has 0 radical (unpaired) electrons. The molecule has 0 amide bonds. The van der Waals surface area contributed by atoms with Crippen molar-refractivity contribution in [2.75, 3.05) is 48.4 Å². The van der Waals surface area contributed by atoms with Crippen molar-refractivity contribution in [2.24, 2.45) is 0 Å². The average molecular weight is 294 g/mol. The van der Waals surface area contributed by atoms with Crippen LogP contribution in [0, 0.1) is 0 Å². The van der Waals surface area contributed by atoms with Gasteiger partial charge in [-0.3, -0.25) is 0 Å². The molecule has 118 valence electrons. The van der Waals surface area contributed by atoms with Crippen molar-refractivity contribution in [3.05, 3.63) is 0 Å². The number of aliphatic hydroxyl groups excluding tert-OH is 1. The lowest BCUT2D eigenvalue weighted by Gasteiger charge is -2.35. The number of anilines is 3. The molecule has 1 unspecified atom stereocenters. The van der Waals surface area contributed by atoms with Crippen LogP contribution in [0.5, 0.6) is 0 Å². The molecular formula is C14H26N6O. The SMILES string of the molecule is CCN(CC)c1nc(NC)nc(N2CCCCC2CO)n1. The molecule has 1 aromatic heterocycles. The van der Waals surface area contributed by atoms with E-state index in [1.54, 1.807) is 0 Å². The van der Waals surface area contributed by atoms with E-state index in [1.807, 2.05) is 7.05 Å². The summed E-state index contributed by atoms with van der Waals surface area (Å²) in [6, 6.07) is 0.107. The fraction of sp³-hybridized carbons (Fsp3) is 0.786. The predicted molar refractivity (Wildman–Crippen MR) is 85.0 cm³/mol. The molecule has 1 saturated heterocycles. The number of nitrogens with one attached hydrogen (secondary N) is 1. The number of hydrogen-bond acceptors (Lipinski definition) is 7. The van der Waals surface area contributed by atoms with Crippen LogP contribution in [0.15, 0.2) is 0 Å². The zero-order chi connectivity index (χ0) is 15.2. The van der Waals surface area contributed by atoms with Crippen molar-refractivity contribution in [3.63, 3.8) is 0 Å². The van der Waals surface area contributed by atoms with Crippen LogP contribution in [-0.2, 0) is 0 Å². The van der Waals surface area contributed by atoms with E-state index in [0.717, 1.165) is 38.9 Å². The van der Waals surface area contributed by atoms with Gasteiger partial charge in [0.05, 0.1) is 12.6 Å². The van der Waals surface area contributed by atoms with Crippen LogP contribution in [0.3, 0.4) is 0 Å². The third kappa shape index (κ3) is 3.53. The number of rotatable bonds is 6. The quantitative estimate of drug-likeness (QED) is 0.813. The summed E-state index contributed by atoms with van der Waals surface area (Å²) in [6.45, 7) is 6.91. The zero-order valence-corrected chi connectivity index (χ0v) is 13.2. The minimum Gasteiger partial charge on any atom is -0.394 e. The summed E-state index contributed by atoms with van der Waals surface area (Å²) in [6.07, 6.45) is 3.24. The lowest BCUT2D eigenvalue weighted by atomic mass is 10.0. The normalized spacial score (nSPS) is 18.7. The Bertz CT molecular complexity index is 451. The van der Waals surface area contributed by atoms with E-state index in [0.29, 0.717) is 17.8 Å². The summed E-state index contributed by atoms with van der Waals surface area (Å²) in [5.41, 5.74) is 0. The maximum atomic E-state index is 9.58. The highest BCUT2D eigenvalue weighted by atomic mass is 16.3. The molecule has 1 fully saturated rings. The number of nitrogens with zero attached hydrogens (tertiary/aromatic N) is 5. The highest BCUT2D eigenvalue weighted by molar-refractivity contribution is 5.45. The van der Waals surface area contributed by atoms with Crippen LogP contribution in [0.2, 0.25) is 0 Å². The van der Waals surface area contributed by atoms with Crippen molar-refractivity contribution in [2.45, 2.75) is 39.2 Å². The highest BCUT2D eigenvalue weighted by Gasteiger charge is 2.25. The van der Waals surface area contributed by atoms with Crippen molar-refractivity contribution in [1.29, 1.82) is 0 Å². The smallest absolute Gasteiger partial charge is 0.232 e. The molecular weight excluding hydrogens is 268 g/mol. The number of aliphatic hydroxyl groups is 1.